The molecule has 0 bridgehead atoms. The number of hydrogen-bond donors (Lipinski definition) is 1. The van der Waals surface area contributed by atoms with Crippen molar-refractivity contribution in [2.75, 3.05) is 6.54 Å². The summed E-state index contributed by atoms with van der Waals surface area (Å²) in [5.74, 6) is 0. The van der Waals surface area contributed by atoms with Crippen LogP contribution in [0.25, 0.3) is 0 Å². The van der Waals surface area contributed by atoms with E-state index >= 15 is 0 Å². The molecule has 0 aliphatic rings. The van der Waals surface area contributed by atoms with Gasteiger partial charge in [0.15, 0.2) is 0 Å². The fourth-order valence-corrected chi connectivity index (χ4v) is 2.98. The number of rotatable bonds is 5. The van der Waals surface area contributed by atoms with Crippen molar-refractivity contribution in [1.82, 2.24) is 15.1 Å². The number of aromatic nitrogens is 2. The summed E-state index contributed by atoms with van der Waals surface area (Å²) < 4.78 is 3.01. The van der Waals surface area contributed by atoms with Gasteiger partial charge < -0.3 is 5.32 Å². The Labute approximate surface area is 114 Å². The molecular weight excluding hydrogens is 298 g/mol. The maximum Gasteiger partial charge on any atom is 0.0701 e. The molecule has 1 atom stereocenters. The second-order valence-corrected chi connectivity index (χ2v) is 6.31. The minimum absolute atomic E-state index is 0.242. The lowest BCUT2D eigenvalue weighted by Gasteiger charge is -2.15. The maximum atomic E-state index is 4.25. The summed E-state index contributed by atoms with van der Waals surface area (Å²) in [5, 5.41) is 9.99. The summed E-state index contributed by atoms with van der Waals surface area (Å²) in [6.07, 6.45) is 5.12. The van der Waals surface area contributed by atoms with Crippen molar-refractivity contribution in [3.8, 4) is 0 Å². The number of aryl methyl sites for hydroxylation is 1. The Balaban J connectivity index is 2.24. The minimum Gasteiger partial charge on any atom is -0.306 e. The molecule has 0 fully saturated rings. The molecule has 0 saturated heterocycles. The second kappa shape index (κ2) is 5.80. The van der Waals surface area contributed by atoms with Crippen LogP contribution in [0.15, 0.2) is 27.6 Å². The fraction of sp³-hybridized carbons (Fsp3) is 0.417. The normalized spacial score (nSPS) is 12.9. The third kappa shape index (κ3) is 3.18. The largest absolute Gasteiger partial charge is 0.306 e. The van der Waals surface area contributed by atoms with E-state index in [1.54, 1.807) is 11.3 Å². The summed E-state index contributed by atoms with van der Waals surface area (Å²) in [7, 11) is 1.95. The third-order valence-corrected chi connectivity index (χ3v) is 4.10. The summed E-state index contributed by atoms with van der Waals surface area (Å²) in [5.41, 5.74) is 2.51. The van der Waals surface area contributed by atoms with Gasteiger partial charge in [0.25, 0.3) is 0 Å². The van der Waals surface area contributed by atoms with Gasteiger partial charge in [-0.15, -0.1) is 11.3 Å². The van der Waals surface area contributed by atoms with Gasteiger partial charge in [0.1, 0.15) is 0 Å². The Morgan fingerprint density at radius 1 is 1.53 bits per heavy atom. The Morgan fingerprint density at radius 3 is 2.88 bits per heavy atom. The van der Waals surface area contributed by atoms with E-state index in [1.165, 1.54) is 14.9 Å². The smallest absolute Gasteiger partial charge is 0.0701 e. The van der Waals surface area contributed by atoms with Crippen molar-refractivity contribution in [3.63, 3.8) is 0 Å². The lowest BCUT2D eigenvalue weighted by atomic mass is 10.1. The van der Waals surface area contributed by atoms with E-state index in [0.717, 1.165) is 13.0 Å². The van der Waals surface area contributed by atoms with Gasteiger partial charge in [0, 0.05) is 18.8 Å². The summed E-state index contributed by atoms with van der Waals surface area (Å²) in [6.45, 7) is 3.18. The molecule has 5 heteroatoms. The van der Waals surface area contributed by atoms with Gasteiger partial charge in [-0.2, -0.15) is 5.10 Å². The van der Waals surface area contributed by atoms with Crippen molar-refractivity contribution in [3.05, 3.63) is 38.8 Å². The first-order valence-corrected chi connectivity index (χ1v) is 7.34. The standard InChI is InChI=1S/C12H16BrN3S/c1-3-4-14-12(9-5-11(13)17-8-9)10-6-15-16(2)7-10/h5-8,12,14H,3-4H2,1-2H3. The zero-order valence-electron chi connectivity index (χ0n) is 9.98. The van der Waals surface area contributed by atoms with E-state index in [9.17, 15) is 0 Å². The number of thiophene rings is 1. The zero-order chi connectivity index (χ0) is 12.3. The van der Waals surface area contributed by atoms with Crippen LogP contribution in [0.3, 0.4) is 0 Å². The molecular formula is C12H16BrN3S. The molecule has 0 spiro atoms. The average molecular weight is 314 g/mol. The molecule has 0 radical (unpaired) electrons. The van der Waals surface area contributed by atoms with Gasteiger partial charge in [-0.05, 0) is 45.9 Å². The van der Waals surface area contributed by atoms with Gasteiger partial charge >= 0.3 is 0 Å². The molecule has 0 amide bonds. The number of nitrogens with zero attached hydrogens (tertiary/aromatic N) is 2. The molecule has 92 valence electrons. The van der Waals surface area contributed by atoms with Gasteiger partial charge in [0.05, 0.1) is 16.0 Å². The van der Waals surface area contributed by atoms with E-state index in [0.29, 0.717) is 0 Å². The Hall–Kier alpha value is -0.650. The average Bonchev–Trinajstić information content (AvgIpc) is 2.89. The fourth-order valence-electron chi connectivity index (χ4n) is 1.78. The predicted molar refractivity (Wildman–Crippen MR) is 75.4 cm³/mol. The van der Waals surface area contributed by atoms with E-state index in [1.807, 2.05) is 17.9 Å². The van der Waals surface area contributed by atoms with Crippen molar-refractivity contribution < 1.29 is 0 Å². The molecule has 2 rings (SSSR count). The van der Waals surface area contributed by atoms with Crippen molar-refractivity contribution in [2.24, 2.45) is 7.05 Å². The first-order chi connectivity index (χ1) is 8.20. The van der Waals surface area contributed by atoms with Crippen LogP contribution in [-0.4, -0.2) is 16.3 Å². The van der Waals surface area contributed by atoms with Gasteiger partial charge in [-0.25, -0.2) is 0 Å². The predicted octanol–water partition coefficient (Wildman–Crippen LogP) is 3.33. The van der Waals surface area contributed by atoms with Crippen molar-refractivity contribution in [2.45, 2.75) is 19.4 Å². The van der Waals surface area contributed by atoms with Crippen LogP contribution in [0.5, 0.6) is 0 Å². The molecule has 0 aliphatic heterocycles. The van der Waals surface area contributed by atoms with Crippen LogP contribution in [-0.2, 0) is 7.05 Å². The Bertz CT molecular complexity index is 437. The quantitative estimate of drug-likeness (QED) is 0.917. The first-order valence-electron chi connectivity index (χ1n) is 5.66. The van der Waals surface area contributed by atoms with E-state index in [-0.39, 0.29) is 6.04 Å². The first kappa shape index (κ1) is 12.8. The molecule has 0 saturated carbocycles. The minimum atomic E-state index is 0.242. The molecule has 0 aromatic carbocycles. The van der Waals surface area contributed by atoms with Gasteiger partial charge in [-0.3, -0.25) is 4.68 Å². The van der Waals surface area contributed by atoms with Crippen LogP contribution < -0.4 is 5.32 Å². The van der Waals surface area contributed by atoms with Crippen LogP contribution in [0.4, 0.5) is 0 Å². The number of halogens is 1. The molecule has 1 unspecified atom stereocenters. The van der Waals surface area contributed by atoms with Gasteiger partial charge in [0.2, 0.25) is 0 Å². The lowest BCUT2D eigenvalue weighted by Crippen LogP contribution is -2.22. The SMILES string of the molecule is CCCNC(c1csc(Br)c1)c1cnn(C)c1. The molecule has 2 aromatic rings. The molecule has 0 aliphatic carbocycles. The van der Waals surface area contributed by atoms with E-state index in [2.05, 4.69) is 50.9 Å². The Kier molecular flexibility index (Phi) is 4.36. The molecule has 2 aromatic heterocycles. The van der Waals surface area contributed by atoms with E-state index < -0.39 is 0 Å². The monoisotopic (exact) mass is 313 g/mol. The third-order valence-electron chi connectivity index (χ3n) is 2.58. The summed E-state index contributed by atoms with van der Waals surface area (Å²) >= 11 is 5.23. The summed E-state index contributed by atoms with van der Waals surface area (Å²) in [4.78, 5) is 0. The highest BCUT2D eigenvalue weighted by molar-refractivity contribution is 9.11. The Morgan fingerprint density at radius 2 is 2.35 bits per heavy atom. The van der Waals surface area contributed by atoms with Crippen LogP contribution >= 0.6 is 27.3 Å². The van der Waals surface area contributed by atoms with Crippen LogP contribution in [0.1, 0.15) is 30.5 Å². The van der Waals surface area contributed by atoms with Crippen molar-refractivity contribution in [1.29, 1.82) is 0 Å². The highest BCUT2D eigenvalue weighted by Gasteiger charge is 2.16. The zero-order valence-corrected chi connectivity index (χ0v) is 12.4. The highest BCUT2D eigenvalue weighted by atomic mass is 79.9. The van der Waals surface area contributed by atoms with Crippen LogP contribution in [0.2, 0.25) is 0 Å². The number of hydrogen-bond acceptors (Lipinski definition) is 3. The molecule has 3 nitrogen and oxygen atoms in total. The molecule has 2 heterocycles. The second-order valence-electron chi connectivity index (χ2n) is 4.02. The van der Waals surface area contributed by atoms with Crippen LogP contribution in [0, 0.1) is 0 Å². The topological polar surface area (TPSA) is 29.9 Å². The van der Waals surface area contributed by atoms with Crippen molar-refractivity contribution >= 4 is 27.3 Å². The molecule has 1 N–H and O–H groups in total. The summed E-state index contributed by atoms with van der Waals surface area (Å²) in [6, 6.07) is 2.41. The maximum absolute atomic E-state index is 4.25. The molecule has 17 heavy (non-hydrogen) atoms. The highest BCUT2D eigenvalue weighted by Crippen LogP contribution is 2.29. The van der Waals surface area contributed by atoms with E-state index in [4.69, 9.17) is 0 Å². The van der Waals surface area contributed by atoms with Gasteiger partial charge in [-0.1, -0.05) is 6.92 Å². The lowest BCUT2D eigenvalue weighted by molar-refractivity contribution is 0.599. The number of nitrogens with one attached hydrogen (secondary N) is 1.